The Morgan fingerprint density at radius 3 is 2.62 bits per heavy atom. The molecule has 2 aromatic rings. The fourth-order valence-electron chi connectivity index (χ4n) is 3.65. The highest BCUT2D eigenvalue weighted by atomic mass is 35.5. The second-order valence-electron chi connectivity index (χ2n) is 7.59. The molecule has 1 aromatic carbocycles. The third kappa shape index (κ3) is 3.38. The summed E-state index contributed by atoms with van der Waals surface area (Å²) in [4.78, 5) is 20.8. The summed E-state index contributed by atoms with van der Waals surface area (Å²) < 4.78 is 35.2. The number of nitrogens with one attached hydrogen (secondary N) is 1. The SMILES string of the molecule is CC1(c2cc(NC(=O)c3ccc(Cl)cn3)ccc2F)CS(O)(O)C2(CC2)C(N)=N1. The largest absolute Gasteiger partial charge is 0.386 e. The standard InChI is InChI=1S/C19H20ClFN4O3S/c1-18(10-29(27,28)19(6-7-19)17(22)25-18)13-8-12(3-4-14(13)21)24-16(26)15-5-2-11(20)9-23-15/h2-5,8-9,27-28H,6-7,10H2,1H3,(H2,22,25)(H,24,26). The molecule has 1 amide bonds. The monoisotopic (exact) mass is 438 g/mol. The molecule has 1 saturated carbocycles. The molecule has 1 fully saturated rings. The van der Waals surface area contributed by atoms with Crippen molar-refractivity contribution in [3.63, 3.8) is 0 Å². The zero-order valence-electron chi connectivity index (χ0n) is 15.5. The lowest BCUT2D eigenvalue weighted by molar-refractivity contribution is 0.102. The molecule has 1 aliphatic heterocycles. The lowest BCUT2D eigenvalue weighted by atomic mass is 9.93. The zero-order chi connectivity index (χ0) is 21.0. The Balaban J connectivity index is 1.66. The molecule has 2 heterocycles. The summed E-state index contributed by atoms with van der Waals surface area (Å²) in [6, 6.07) is 7.05. The van der Waals surface area contributed by atoms with Crippen molar-refractivity contribution in [2.24, 2.45) is 10.7 Å². The van der Waals surface area contributed by atoms with E-state index in [4.69, 9.17) is 17.3 Å². The smallest absolute Gasteiger partial charge is 0.274 e. The summed E-state index contributed by atoms with van der Waals surface area (Å²) in [5.41, 5.74) is 5.39. The van der Waals surface area contributed by atoms with Crippen LogP contribution in [0.3, 0.4) is 0 Å². The van der Waals surface area contributed by atoms with Crippen molar-refractivity contribution in [2.75, 3.05) is 11.1 Å². The van der Waals surface area contributed by atoms with Gasteiger partial charge in [-0.15, -0.1) is 0 Å². The van der Waals surface area contributed by atoms with E-state index in [2.05, 4.69) is 15.3 Å². The minimum Gasteiger partial charge on any atom is -0.386 e. The number of carbonyl (C=O) groups excluding carboxylic acids is 1. The molecule has 29 heavy (non-hydrogen) atoms. The molecule has 1 spiro atoms. The Hall–Kier alpha value is -2.20. The maximum atomic E-state index is 14.7. The quantitative estimate of drug-likeness (QED) is 0.577. The first kappa shape index (κ1) is 20.1. The molecule has 5 N–H and O–H groups in total. The summed E-state index contributed by atoms with van der Waals surface area (Å²) in [6.45, 7) is 1.61. The van der Waals surface area contributed by atoms with E-state index in [1.807, 2.05) is 0 Å². The molecule has 0 radical (unpaired) electrons. The van der Waals surface area contributed by atoms with E-state index < -0.39 is 32.6 Å². The van der Waals surface area contributed by atoms with Crippen molar-refractivity contribution in [2.45, 2.75) is 30.1 Å². The van der Waals surface area contributed by atoms with Gasteiger partial charge in [0.25, 0.3) is 5.91 Å². The molecule has 2 aliphatic rings. The molecule has 1 aromatic heterocycles. The minimum atomic E-state index is -3.09. The number of carbonyl (C=O) groups is 1. The van der Waals surface area contributed by atoms with E-state index in [-0.39, 0.29) is 22.8 Å². The van der Waals surface area contributed by atoms with Crippen molar-refractivity contribution in [3.8, 4) is 0 Å². The maximum absolute atomic E-state index is 14.7. The average Bonchev–Trinajstić information content (AvgIpc) is 3.44. The number of nitrogens with two attached hydrogens (primary N) is 1. The van der Waals surface area contributed by atoms with E-state index in [9.17, 15) is 18.3 Å². The highest BCUT2D eigenvalue weighted by molar-refractivity contribution is 8.26. The molecule has 10 heteroatoms. The normalized spacial score (nSPS) is 25.2. The summed E-state index contributed by atoms with van der Waals surface area (Å²) in [6.07, 6.45) is 2.48. The van der Waals surface area contributed by atoms with Gasteiger partial charge in [0.15, 0.2) is 0 Å². The number of aliphatic imine (C=N–C) groups is 1. The fourth-order valence-corrected chi connectivity index (χ4v) is 6.18. The Labute approximate surface area is 173 Å². The fraction of sp³-hybridized carbons (Fsp3) is 0.316. The first-order chi connectivity index (χ1) is 13.6. The highest BCUT2D eigenvalue weighted by Crippen LogP contribution is 2.69. The van der Waals surface area contributed by atoms with Crippen molar-refractivity contribution in [3.05, 3.63) is 58.6 Å². The van der Waals surface area contributed by atoms with Gasteiger partial charge >= 0.3 is 0 Å². The van der Waals surface area contributed by atoms with Gasteiger partial charge in [-0.3, -0.25) is 18.9 Å². The van der Waals surface area contributed by atoms with Crippen LogP contribution in [-0.4, -0.2) is 36.3 Å². The van der Waals surface area contributed by atoms with Gasteiger partial charge in [-0.2, -0.15) is 10.6 Å². The molecule has 0 bridgehead atoms. The van der Waals surface area contributed by atoms with Gasteiger partial charge in [-0.05, 0) is 50.1 Å². The molecular weight excluding hydrogens is 419 g/mol. The van der Waals surface area contributed by atoms with Gasteiger partial charge in [-0.25, -0.2) is 9.37 Å². The average molecular weight is 439 g/mol. The number of anilines is 1. The summed E-state index contributed by atoms with van der Waals surface area (Å²) in [7, 11) is -3.09. The van der Waals surface area contributed by atoms with Crippen LogP contribution in [0.5, 0.6) is 0 Å². The maximum Gasteiger partial charge on any atom is 0.274 e. The zero-order valence-corrected chi connectivity index (χ0v) is 17.1. The third-order valence-corrected chi connectivity index (χ3v) is 8.47. The Morgan fingerprint density at radius 1 is 1.31 bits per heavy atom. The van der Waals surface area contributed by atoms with Crippen LogP contribution in [0.2, 0.25) is 5.02 Å². The summed E-state index contributed by atoms with van der Waals surface area (Å²) >= 11 is 5.78. The first-order valence-electron chi connectivity index (χ1n) is 8.91. The number of amides is 1. The molecule has 154 valence electrons. The summed E-state index contributed by atoms with van der Waals surface area (Å²) in [5.74, 6) is -1.05. The lowest BCUT2D eigenvalue weighted by Gasteiger charge is -2.49. The number of hydrogen-bond acceptors (Lipinski definition) is 6. The number of rotatable bonds is 3. The van der Waals surface area contributed by atoms with Gasteiger partial charge in [0.05, 0.1) is 10.8 Å². The van der Waals surface area contributed by atoms with Crippen molar-refractivity contribution >= 4 is 39.6 Å². The van der Waals surface area contributed by atoms with E-state index >= 15 is 0 Å². The van der Waals surface area contributed by atoms with Crippen LogP contribution in [0, 0.1) is 5.82 Å². The molecular formula is C19H20ClFN4O3S. The number of aromatic nitrogens is 1. The van der Waals surface area contributed by atoms with Gasteiger partial charge in [0.1, 0.15) is 27.6 Å². The van der Waals surface area contributed by atoms with Crippen LogP contribution in [0.25, 0.3) is 0 Å². The van der Waals surface area contributed by atoms with Crippen molar-refractivity contribution < 1.29 is 18.3 Å². The molecule has 0 saturated heterocycles. The van der Waals surface area contributed by atoms with E-state index in [1.54, 1.807) is 13.0 Å². The second-order valence-corrected chi connectivity index (χ2v) is 10.4. The van der Waals surface area contributed by atoms with Gasteiger partial charge < -0.3 is 11.1 Å². The number of nitrogens with zero attached hydrogens (tertiary/aromatic N) is 2. The van der Waals surface area contributed by atoms with Crippen molar-refractivity contribution in [1.82, 2.24) is 4.98 Å². The Bertz CT molecular complexity index is 1030. The second kappa shape index (κ2) is 6.66. The first-order valence-corrected chi connectivity index (χ1v) is 11.0. The molecule has 1 unspecified atom stereocenters. The van der Waals surface area contributed by atoms with E-state index in [0.29, 0.717) is 23.6 Å². The van der Waals surface area contributed by atoms with E-state index in [0.717, 1.165) is 0 Å². The molecule has 4 rings (SSSR count). The van der Waals surface area contributed by atoms with Crippen molar-refractivity contribution in [1.29, 1.82) is 0 Å². The van der Waals surface area contributed by atoms with Crippen LogP contribution in [0.1, 0.15) is 35.8 Å². The van der Waals surface area contributed by atoms with Crippen LogP contribution in [0.15, 0.2) is 41.5 Å². The number of halogens is 2. The van der Waals surface area contributed by atoms with Crippen LogP contribution in [-0.2, 0) is 5.54 Å². The number of benzene rings is 1. The van der Waals surface area contributed by atoms with Gasteiger partial charge in [0, 0.05) is 17.4 Å². The predicted molar refractivity (Wildman–Crippen MR) is 112 cm³/mol. The van der Waals surface area contributed by atoms with E-state index in [1.165, 1.54) is 30.5 Å². The topological polar surface area (TPSA) is 121 Å². The number of pyridine rings is 1. The predicted octanol–water partition coefficient (Wildman–Crippen LogP) is 4.00. The minimum absolute atomic E-state index is 0.123. The number of hydrogen-bond donors (Lipinski definition) is 4. The third-order valence-electron chi connectivity index (χ3n) is 5.41. The number of amidine groups is 1. The van der Waals surface area contributed by atoms with Crippen LogP contribution in [0.4, 0.5) is 10.1 Å². The Morgan fingerprint density at radius 2 is 2.03 bits per heavy atom. The molecule has 1 aliphatic carbocycles. The van der Waals surface area contributed by atoms with Gasteiger partial charge in [-0.1, -0.05) is 11.6 Å². The summed E-state index contributed by atoms with van der Waals surface area (Å²) in [5, 5.41) is 3.05. The molecule has 7 nitrogen and oxygen atoms in total. The molecule has 1 atom stereocenters. The van der Waals surface area contributed by atoms with Gasteiger partial charge in [0.2, 0.25) is 0 Å². The van der Waals surface area contributed by atoms with Crippen LogP contribution >= 0.6 is 22.2 Å². The Kier molecular flexibility index (Phi) is 4.62. The highest BCUT2D eigenvalue weighted by Gasteiger charge is 2.62. The van der Waals surface area contributed by atoms with Crippen LogP contribution < -0.4 is 11.1 Å². The lowest BCUT2D eigenvalue weighted by Crippen LogP contribution is -2.47.